The zero-order chi connectivity index (χ0) is 22.7. The number of halogens is 2. The largest absolute Gasteiger partial charge is 0.493 e. The number of nitrogens with zero attached hydrogens (tertiary/aromatic N) is 1. The molecule has 1 saturated heterocycles. The van der Waals surface area contributed by atoms with E-state index in [0.29, 0.717) is 40.3 Å². The number of hydrogen-bond donors (Lipinski definition) is 0. The maximum Gasteiger partial charge on any atom is 0.293 e. The molecule has 0 aromatic heterocycles. The van der Waals surface area contributed by atoms with Gasteiger partial charge >= 0.3 is 0 Å². The summed E-state index contributed by atoms with van der Waals surface area (Å²) in [5.74, 6) is 0.910. The van der Waals surface area contributed by atoms with E-state index >= 15 is 0 Å². The molecular formula is C24H19Cl2NO4S. The van der Waals surface area contributed by atoms with Gasteiger partial charge in [0, 0.05) is 10.0 Å². The van der Waals surface area contributed by atoms with Gasteiger partial charge in [0.15, 0.2) is 11.5 Å². The summed E-state index contributed by atoms with van der Waals surface area (Å²) in [5.41, 5.74) is 2.37. The van der Waals surface area contributed by atoms with E-state index in [-0.39, 0.29) is 11.1 Å². The van der Waals surface area contributed by atoms with Crippen LogP contribution in [0, 0.1) is 0 Å². The van der Waals surface area contributed by atoms with Crippen LogP contribution in [0.25, 0.3) is 0 Å². The lowest BCUT2D eigenvalue weighted by Crippen LogP contribution is -2.32. The van der Waals surface area contributed by atoms with Crippen LogP contribution in [0.2, 0.25) is 10.0 Å². The average molecular weight is 488 g/mol. The van der Waals surface area contributed by atoms with Gasteiger partial charge in [-0.2, -0.15) is 0 Å². The number of carbonyl (C=O) groups is 2. The van der Waals surface area contributed by atoms with Gasteiger partial charge in [0.25, 0.3) is 5.24 Å². The summed E-state index contributed by atoms with van der Waals surface area (Å²) in [6, 6.07) is 19.6. The van der Waals surface area contributed by atoms with Crippen LogP contribution in [0.15, 0.2) is 66.7 Å². The smallest absolute Gasteiger partial charge is 0.293 e. The Labute approximate surface area is 200 Å². The van der Waals surface area contributed by atoms with Crippen molar-refractivity contribution >= 4 is 51.8 Å². The second-order valence-corrected chi connectivity index (χ2v) is 9.15. The van der Waals surface area contributed by atoms with E-state index < -0.39 is 5.25 Å². The van der Waals surface area contributed by atoms with Crippen molar-refractivity contribution in [3.05, 3.63) is 87.9 Å². The van der Waals surface area contributed by atoms with Crippen LogP contribution in [-0.2, 0) is 17.8 Å². The molecular weight excluding hydrogens is 469 g/mol. The van der Waals surface area contributed by atoms with Crippen LogP contribution >= 0.6 is 35.0 Å². The fourth-order valence-electron chi connectivity index (χ4n) is 3.32. The standard InChI is InChI=1S/C24H19Cl2NO4S/c1-30-21-12-16(4-11-20(21)31-14-15-2-5-17(25)6-3-15)13-22-23(28)27(24(29)32-22)19-9-7-18(26)8-10-19/h2-12,22H,13-14H2,1H3/t22-/m1/s1. The van der Waals surface area contributed by atoms with Gasteiger partial charge in [-0.15, -0.1) is 0 Å². The van der Waals surface area contributed by atoms with Crippen molar-refractivity contribution < 1.29 is 19.1 Å². The quantitative estimate of drug-likeness (QED) is 0.386. The molecule has 4 rings (SSSR count). The van der Waals surface area contributed by atoms with E-state index in [4.69, 9.17) is 32.7 Å². The Hall–Kier alpha value is -2.67. The van der Waals surface area contributed by atoms with Gasteiger partial charge in [-0.3, -0.25) is 9.59 Å². The van der Waals surface area contributed by atoms with E-state index in [1.807, 2.05) is 42.5 Å². The molecule has 0 unspecified atom stereocenters. The summed E-state index contributed by atoms with van der Waals surface area (Å²) in [6.45, 7) is 0.369. The predicted octanol–water partition coefficient (Wildman–Crippen LogP) is 6.39. The molecule has 3 aromatic carbocycles. The minimum absolute atomic E-state index is 0.246. The van der Waals surface area contributed by atoms with E-state index in [1.165, 1.54) is 4.90 Å². The molecule has 0 N–H and O–H groups in total. The normalized spacial score (nSPS) is 15.8. The molecule has 1 aliphatic rings. The van der Waals surface area contributed by atoms with Crippen molar-refractivity contribution in [3.8, 4) is 11.5 Å². The fourth-order valence-corrected chi connectivity index (χ4v) is 4.60. The van der Waals surface area contributed by atoms with Gasteiger partial charge in [-0.1, -0.05) is 53.2 Å². The van der Waals surface area contributed by atoms with Gasteiger partial charge in [-0.25, -0.2) is 4.90 Å². The Bertz CT molecular complexity index is 1140. The lowest BCUT2D eigenvalue weighted by atomic mass is 10.1. The Balaban J connectivity index is 1.45. The maximum atomic E-state index is 12.9. The molecule has 0 bridgehead atoms. The molecule has 1 aliphatic heterocycles. The first kappa shape index (κ1) is 22.5. The van der Waals surface area contributed by atoms with Crippen molar-refractivity contribution in [1.82, 2.24) is 0 Å². The second-order valence-electron chi connectivity index (χ2n) is 7.13. The highest BCUT2D eigenvalue weighted by Crippen LogP contribution is 2.36. The summed E-state index contributed by atoms with van der Waals surface area (Å²) in [5, 5.41) is 0.409. The summed E-state index contributed by atoms with van der Waals surface area (Å²) in [7, 11) is 1.57. The van der Waals surface area contributed by atoms with Gasteiger partial charge in [0.05, 0.1) is 18.0 Å². The first-order valence-electron chi connectivity index (χ1n) is 9.79. The van der Waals surface area contributed by atoms with Crippen LogP contribution in [0.3, 0.4) is 0 Å². The third-order valence-corrected chi connectivity index (χ3v) is 6.50. The molecule has 5 nitrogen and oxygen atoms in total. The molecule has 8 heteroatoms. The number of ether oxygens (including phenoxy) is 2. The van der Waals surface area contributed by atoms with E-state index in [0.717, 1.165) is 22.9 Å². The first-order valence-corrected chi connectivity index (χ1v) is 11.4. The van der Waals surface area contributed by atoms with Crippen molar-refractivity contribution in [2.24, 2.45) is 0 Å². The number of amides is 2. The monoisotopic (exact) mass is 487 g/mol. The van der Waals surface area contributed by atoms with Crippen LogP contribution in [0.5, 0.6) is 11.5 Å². The number of imide groups is 1. The molecule has 3 aromatic rings. The number of rotatable bonds is 7. The Morgan fingerprint density at radius 3 is 2.16 bits per heavy atom. The molecule has 0 radical (unpaired) electrons. The van der Waals surface area contributed by atoms with Crippen LogP contribution in [-0.4, -0.2) is 23.5 Å². The van der Waals surface area contributed by atoms with Crippen LogP contribution < -0.4 is 14.4 Å². The summed E-state index contributed by atoms with van der Waals surface area (Å²) >= 11 is 12.9. The lowest BCUT2D eigenvalue weighted by Gasteiger charge is -2.15. The van der Waals surface area contributed by atoms with Gasteiger partial charge in [0.2, 0.25) is 5.91 Å². The zero-order valence-electron chi connectivity index (χ0n) is 17.1. The molecule has 1 atom stereocenters. The second kappa shape index (κ2) is 9.86. The highest BCUT2D eigenvalue weighted by atomic mass is 35.5. The van der Waals surface area contributed by atoms with Crippen molar-refractivity contribution in [2.45, 2.75) is 18.3 Å². The Morgan fingerprint density at radius 1 is 0.875 bits per heavy atom. The average Bonchev–Trinajstić information content (AvgIpc) is 3.07. The number of methoxy groups -OCH3 is 1. The fraction of sp³-hybridized carbons (Fsp3) is 0.167. The highest BCUT2D eigenvalue weighted by Gasteiger charge is 2.40. The minimum Gasteiger partial charge on any atom is -0.493 e. The number of anilines is 1. The Kier molecular flexibility index (Phi) is 6.94. The van der Waals surface area contributed by atoms with E-state index in [9.17, 15) is 9.59 Å². The number of carbonyl (C=O) groups excluding carboxylic acids is 2. The van der Waals surface area contributed by atoms with Crippen molar-refractivity contribution in [3.63, 3.8) is 0 Å². The van der Waals surface area contributed by atoms with Gasteiger partial charge in [-0.05, 0) is 66.1 Å². The van der Waals surface area contributed by atoms with E-state index in [1.54, 1.807) is 31.4 Å². The highest BCUT2D eigenvalue weighted by molar-refractivity contribution is 8.15. The molecule has 32 heavy (non-hydrogen) atoms. The summed E-state index contributed by atoms with van der Waals surface area (Å²) < 4.78 is 11.4. The molecule has 2 amide bonds. The van der Waals surface area contributed by atoms with Crippen molar-refractivity contribution in [1.29, 1.82) is 0 Å². The summed E-state index contributed by atoms with van der Waals surface area (Å²) in [4.78, 5) is 26.6. The van der Waals surface area contributed by atoms with E-state index in [2.05, 4.69) is 0 Å². The molecule has 0 saturated carbocycles. The minimum atomic E-state index is -0.510. The SMILES string of the molecule is COc1cc(C[C@H]2SC(=O)N(c3ccc(Cl)cc3)C2=O)ccc1OCc1ccc(Cl)cc1. The number of benzene rings is 3. The summed E-state index contributed by atoms with van der Waals surface area (Å²) in [6.07, 6.45) is 0.396. The Morgan fingerprint density at radius 2 is 1.50 bits per heavy atom. The van der Waals surface area contributed by atoms with Crippen LogP contribution in [0.4, 0.5) is 10.5 Å². The zero-order valence-corrected chi connectivity index (χ0v) is 19.4. The van der Waals surface area contributed by atoms with Crippen molar-refractivity contribution in [2.75, 3.05) is 12.0 Å². The maximum absolute atomic E-state index is 12.9. The van der Waals surface area contributed by atoms with Gasteiger partial charge in [0.1, 0.15) is 6.61 Å². The van der Waals surface area contributed by atoms with Crippen LogP contribution in [0.1, 0.15) is 11.1 Å². The third-order valence-electron chi connectivity index (χ3n) is 4.96. The molecule has 0 spiro atoms. The molecule has 164 valence electrons. The predicted molar refractivity (Wildman–Crippen MR) is 128 cm³/mol. The molecule has 1 fully saturated rings. The number of thioether (sulfide) groups is 1. The number of hydrogen-bond acceptors (Lipinski definition) is 5. The lowest BCUT2D eigenvalue weighted by molar-refractivity contribution is -0.117. The topological polar surface area (TPSA) is 55.8 Å². The van der Waals surface area contributed by atoms with Gasteiger partial charge < -0.3 is 9.47 Å². The third kappa shape index (κ3) is 5.04. The molecule has 0 aliphatic carbocycles. The first-order chi connectivity index (χ1) is 15.4. The molecule has 1 heterocycles.